The van der Waals surface area contributed by atoms with Gasteiger partial charge in [-0.2, -0.15) is 0 Å². The van der Waals surface area contributed by atoms with E-state index in [4.69, 9.17) is 0 Å². The van der Waals surface area contributed by atoms with Crippen molar-refractivity contribution >= 4 is 23.3 Å². The summed E-state index contributed by atoms with van der Waals surface area (Å²) in [6.45, 7) is 14.9. The van der Waals surface area contributed by atoms with Gasteiger partial charge in [-0.3, -0.25) is 4.79 Å². The third-order valence-corrected chi connectivity index (χ3v) is 7.12. The Labute approximate surface area is 201 Å². The Bertz CT molecular complexity index is 839. The Morgan fingerprint density at radius 1 is 1.00 bits per heavy atom. The standard InChI is InChI=1S/C28H46N2O3/c1-8-9-10-11-12-13-14-15-18-30-19(2)16-17-22-20(3)23(26(31)32)21(4)24(25(22)30)29-27(33)28(5,6)7/h19H,8-18H2,1-7H3,(H,29,33)(H,31,32). The van der Waals surface area contributed by atoms with Crippen LogP contribution in [0.25, 0.3) is 0 Å². The van der Waals surface area contributed by atoms with Crippen molar-refractivity contribution in [3.63, 3.8) is 0 Å². The summed E-state index contributed by atoms with van der Waals surface area (Å²) in [5, 5.41) is 13.1. The number of rotatable bonds is 11. The van der Waals surface area contributed by atoms with Gasteiger partial charge in [0.1, 0.15) is 0 Å². The van der Waals surface area contributed by atoms with E-state index in [0.29, 0.717) is 22.9 Å². The van der Waals surface area contributed by atoms with Crippen molar-refractivity contribution in [2.24, 2.45) is 5.41 Å². The number of hydrogen-bond donors (Lipinski definition) is 2. The smallest absolute Gasteiger partial charge is 0.336 e. The lowest BCUT2D eigenvalue weighted by molar-refractivity contribution is -0.123. The van der Waals surface area contributed by atoms with Crippen LogP contribution in [0.4, 0.5) is 11.4 Å². The molecule has 0 bridgehead atoms. The first-order valence-corrected chi connectivity index (χ1v) is 13.0. The quantitative estimate of drug-likeness (QED) is 0.342. The molecule has 1 aliphatic heterocycles. The van der Waals surface area contributed by atoms with Crippen molar-refractivity contribution in [3.8, 4) is 0 Å². The van der Waals surface area contributed by atoms with Gasteiger partial charge in [-0.15, -0.1) is 0 Å². The van der Waals surface area contributed by atoms with Crippen LogP contribution in [-0.4, -0.2) is 29.6 Å². The van der Waals surface area contributed by atoms with Gasteiger partial charge in [0.25, 0.3) is 0 Å². The molecule has 1 aromatic rings. The second-order valence-corrected chi connectivity index (χ2v) is 10.9. The third-order valence-electron chi connectivity index (χ3n) is 7.12. The van der Waals surface area contributed by atoms with E-state index in [9.17, 15) is 14.7 Å². The number of fused-ring (bicyclic) bond motifs is 1. The molecule has 1 heterocycles. The van der Waals surface area contributed by atoms with Crippen LogP contribution in [0.3, 0.4) is 0 Å². The summed E-state index contributed by atoms with van der Waals surface area (Å²) in [6, 6.07) is 0.363. The van der Waals surface area contributed by atoms with Gasteiger partial charge in [0, 0.05) is 18.0 Å². The second-order valence-electron chi connectivity index (χ2n) is 10.9. The van der Waals surface area contributed by atoms with Gasteiger partial charge in [-0.25, -0.2) is 4.79 Å². The molecule has 0 aliphatic carbocycles. The number of carboxylic acid groups (broad SMARTS) is 1. The molecule has 0 fully saturated rings. The fourth-order valence-corrected chi connectivity index (χ4v) is 4.94. The minimum Gasteiger partial charge on any atom is -0.478 e. The largest absolute Gasteiger partial charge is 0.478 e. The number of aromatic carboxylic acids is 1. The lowest BCUT2D eigenvalue weighted by Crippen LogP contribution is -2.40. The normalized spacial score (nSPS) is 16.0. The van der Waals surface area contributed by atoms with Crippen LogP contribution in [0, 0.1) is 19.3 Å². The number of carbonyl (C=O) groups is 2. The number of nitrogens with one attached hydrogen (secondary N) is 1. The average Bonchev–Trinajstić information content (AvgIpc) is 2.72. The fourth-order valence-electron chi connectivity index (χ4n) is 4.94. The number of anilines is 2. The predicted molar refractivity (Wildman–Crippen MR) is 139 cm³/mol. The van der Waals surface area contributed by atoms with Crippen LogP contribution in [0.1, 0.15) is 119 Å². The van der Waals surface area contributed by atoms with Crippen molar-refractivity contribution in [1.29, 1.82) is 0 Å². The molecular formula is C28H46N2O3. The van der Waals surface area contributed by atoms with Crippen molar-refractivity contribution < 1.29 is 14.7 Å². The maximum atomic E-state index is 13.0. The predicted octanol–water partition coefficient (Wildman–Crippen LogP) is 7.27. The van der Waals surface area contributed by atoms with E-state index in [1.807, 2.05) is 34.6 Å². The Hall–Kier alpha value is -2.04. The molecule has 0 saturated carbocycles. The highest BCUT2D eigenvalue weighted by Crippen LogP contribution is 2.44. The van der Waals surface area contributed by atoms with Crippen LogP contribution in [0.2, 0.25) is 0 Å². The van der Waals surface area contributed by atoms with Crippen LogP contribution in [-0.2, 0) is 11.2 Å². The van der Waals surface area contributed by atoms with Gasteiger partial charge in [0.2, 0.25) is 5.91 Å². The second kappa shape index (κ2) is 11.9. The first-order valence-electron chi connectivity index (χ1n) is 13.0. The molecule has 1 amide bonds. The van der Waals surface area contributed by atoms with Crippen molar-refractivity contribution in [3.05, 3.63) is 22.3 Å². The van der Waals surface area contributed by atoms with Crippen LogP contribution in [0.5, 0.6) is 0 Å². The van der Waals surface area contributed by atoms with E-state index in [-0.39, 0.29) is 5.91 Å². The first kappa shape index (κ1) is 27.2. The SMILES string of the molecule is CCCCCCCCCCN1c2c(c(C)c(C(=O)O)c(C)c2NC(=O)C(C)(C)C)CCC1C. The number of nitrogens with zero attached hydrogens (tertiary/aromatic N) is 1. The fraction of sp³-hybridized carbons (Fsp3) is 0.714. The zero-order chi connectivity index (χ0) is 24.8. The topological polar surface area (TPSA) is 69.6 Å². The molecule has 5 nitrogen and oxygen atoms in total. The van der Waals surface area contributed by atoms with Gasteiger partial charge < -0.3 is 15.3 Å². The maximum Gasteiger partial charge on any atom is 0.336 e. The third kappa shape index (κ3) is 6.74. The van der Waals surface area contributed by atoms with Gasteiger partial charge in [0.15, 0.2) is 0 Å². The number of benzene rings is 1. The molecule has 0 spiro atoms. The maximum absolute atomic E-state index is 13.0. The molecule has 0 radical (unpaired) electrons. The van der Waals surface area contributed by atoms with Crippen molar-refractivity contribution in [2.75, 3.05) is 16.8 Å². The van der Waals surface area contributed by atoms with Gasteiger partial charge in [-0.1, -0.05) is 72.6 Å². The van der Waals surface area contributed by atoms with E-state index in [0.717, 1.165) is 42.6 Å². The molecule has 1 atom stereocenters. The minimum atomic E-state index is -0.924. The average molecular weight is 459 g/mol. The zero-order valence-electron chi connectivity index (χ0n) is 22.1. The number of unbranched alkanes of at least 4 members (excludes halogenated alkanes) is 7. The van der Waals surface area contributed by atoms with Crippen LogP contribution in [0.15, 0.2) is 0 Å². The van der Waals surface area contributed by atoms with Gasteiger partial charge >= 0.3 is 5.97 Å². The van der Waals surface area contributed by atoms with E-state index >= 15 is 0 Å². The Balaban J connectivity index is 2.32. The summed E-state index contributed by atoms with van der Waals surface area (Å²) in [5.74, 6) is -1.01. The number of hydrogen-bond acceptors (Lipinski definition) is 3. The highest BCUT2D eigenvalue weighted by Gasteiger charge is 2.33. The van der Waals surface area contributed by atoms with E-state index in [2.05, 4.69) is 24.1 Å². The number of carboxylic acids is 1. The molecular weight excluding hydrogens is 412 g/mol. The molecule has 2 rings (SSSR count). The molecule has 2 N–H and O–H groups in total. The number of amides is 1. The highest BCUT2D eigenvalue weighted by atomic mass is 16.4. The van der Waals surface area contributed by atoms with E-state index < -0.39 is 11.4 Å². The molecule has 186 valence electrons. The summed E-state index contributed by atoms with van der Waals surface area (Å²) in [5.41, 5.74) is 4.10. The number of carbonyl (C=O) groups excluding carboxylic acids is 1. The Kier molecular flexibility index (Phi) is 9.81. The summed E-state index contributed by atoms with van der Waals surface area (Å²) in [4.78, 5) is 27.5. The first-order chi connectivity index (χ1) is 15.5. The van der Waals surface area contributed by atoms with Crippen LogP contribution < -0.4 is 10.2 Å². The Morgan fingerprint density at radius 3 is 2.12 bits per heavy atom. The van der Waals surface area contributed by atoms with Gasteiger partial charge in [-0.05, 0) is 56.7 Å². The van der Waals surface area contributed by atoms with Crippen LogP contribution >= 0.6 is 0 Å². The monoisotopic (exact) mass is 458 g/mol. The van der Waals surface area contributed by atoms with Crippen molar-refractivity contribution in [1.82, 2.24) is 0 Å². The molecule has 1 aliphatic rings. The summed E-state index contributed by atoms with van der Waals surface area (Å²) >= 11 is 0. The van der Waals surface area contributed by atoms with Crippen molar-refractivity contribution in [2.45, 2.75) is 119 Å². The Morgan fingerprint density at radius 2 is 1.58 bits per heavy atom. The van der Waals surface area contributed by atoms with Gasteiger partial charge in [0.05, 0.1) is 16.9 Å². The summed E-state index contributed by atoms with van der Waals surface area (Å²) in [7, 11) is 0. The molecule has 0 saturated heterocycles. The molecule has 33 heavy (non-hydrogen) atoms. The molecule has 1 unspecified atom stereocenters. The molecule has 0 aromatic heterocycles. The lowest BCUT2D eigenvalue weighted by atomic mass is 9.86. The van der Waals surface area contributed by atoms with E-state index in [1.54, 1.807) is 0 Å². The molecule has 5 heteroatoms. The highest BCUT2D eigenvalue weighted by molar-refractivity contribution is 6.03. The zero-order valence-corrected chi connectivity index (χ0v) is 22.1. The summed E-state index contributed by atoms with van der Waals surface area (Å²) in [6.07, 6.45) is 12.0. The molecule has 1 aromatic carbocycles. The summed E-state index contributed by atoms with van der Waals surface area (Å²) < 4.78 is 0. The lowest BCUT2D eigenvalue weighted by Gasteiger charge is -2.40. The van der Waals surface area contributed by atoms with E-state index in [1.165, 1.54) is 44.9 Å². The minimum absolute atomic E-state index is 0.0850.